The van der Waals surface area contributed by atoms with Crippen LogP contribution >= 0.6 is 11.6 Å². The lowest BCUT2D eigenvalue weighted by Gasteiger charge is -2.33. The predicted octanol–water partition coefficient (Wildman–Crippen LogP) is 2.94. The molecule has 5 rings (SSSR count). The minimum Gasteiger partial charge on any atom is -0.376 e. The zero-order valence-electron chi connectivity index (χ0n) is 21.4. The van der Waals surface area contributed by atoms with Crippen molar-refractivity contribution in [2.45, 2.75) is 36.4 Å². The van der Waals surface area contributed by atoms with E-state index in [1.807, 2.05) is 0 Å². The molecule has 208 valence electrons. The van der Waals surface area contributed by atoms with Crippen LogP contribution in [0.5, 0.6) is 0 Å². The Hall–Kier alpha value is -3.80. The van der Waals surface area contributed by atoms with Gasteiger partial charge in [0.15, 0.2) is 0 Å². The summed E-state index contributed by atoms with van der Waals surface area (Å²) < 4.78 is 32.6. The van der Waals surface area contributed by atoms with E-state index in [2.05, 4.69) is 10.3 Å². The van der Waals surface area contributed by atoms with Crippen molar-refractivity contribution in [2.75, 3.05) is 19.7 Å². The van der Waals surface area contributed by atoms with Gasteiger partial charge in [0.1, 0.15) is 17.5 Å². The number of aromatic nitrogens is 1. The number of halogens is 1. The van der Waals surface area contributed by atoms with Gasteiger partial charge >= 0.3 is 0 Å². The third kappa shape index (κ3) is 5.58. The lowest BCUT2D eigenvalue weighted by molar-refractivity contribution is -0.141. The van der Waals surface area contributed by atoms with E-state index in [0.29, 0.717) is 27.1 Å². The van der Waals surface area contributed by atoms with E-state index in [4.69, 9.17) is 16.3 Å². The minimum absolute atomic E-state index is 0.00653. The Bertz CT molecular complexity index is 1530. The molecule has 3 amide bonds. The molecule has 1 aromatic heterocycles. The Morgan fingerprint density at radius 3 is 2.52 bits per heavy atom. The predicted molar refractivity (Wildman–Crippen MR) is 146 cm³/mol. The summed E-state index contributed by atoms with van der Waals surface area (Å²) in [5.41, 5.74) is 0.995. The zero-order valence-corrected chi connectivity index (χ0v) is 23.0. The van der Waals surface area contributed by atoms with Gasteiger partial charge in [-0.1, -0.05) is 41.9 Å². The van der Waals surface area contributed by atoms with Crippen molar-refractivity contribution in [3.05, 3.63) is 94.8 Å². The first kappa shape index (κ1) is 27.8. The molecular formula is C28H27ClN4O6S. The maximum absolute atomic E-state index is 14.0. The summed E-state index contributed by atoms with van der Waals surface area (Å²) in [4.78, 5) is 45.9. The molecule has 10 nitrogen and oxygen atoms in total. The summed E-state index contributed by atoms with van der Waals surface area (Å²) >= 11 is 6.42. The molecule has 3 aromatic rings. The van der Waals surface area contributed by atoms with Crippen LogP contribution in [-0.4, -0.2) is 66.1 Å². The van der Waals surface area contributed by atoms with Gasteiger partial charge in [-0.05, 0) is 54.3 Å². The Morgan fingerprint density at radius 2 is 1.82 bits per heavy atom. The van der Waals surface area contributed by atoms with Gasteiger partial charge in [-0.3, -0.25) is 19.4 Å². The molecule has 1 fully saturated rings. The fourth-order valence-electron chi connectivity index (χ4n) is 4.87. The van der Waals surface area contributed by atoms with E-state index in [1.54, 1.807) is 42.5 Å². The number of hydrogen-bond acceptors (Lipinski definition) is 7. The number of carbonyl (C=O) groups is 3. The van der Waals surface area contributed by atoms with Crippen LogP contribution in [0.25, 0.3) is 0 Å². The number of amides is 3. The highest BCUT2D eigenvalue weighted by molar-refractivity contribution is 7.90. The van der Waals surface area contributed by atoms with Crippen LogP contribution in [0, 0.1) is 0 Å². The molecule has 0 radical (unpaired) electrons. The first-order chi connectivity index (χ1) is 19.3. The number of hydrogen-bond donors (Lipinski definition) is 1. The normalized spacial score (nSPS) is 18.3. The van der Waals surface area contributed by atoms with Crippen LogP contribution in [0.2, 0.25) is 5.02 Å². The standard InChI is InChI=1S/C28H27ClN4O6S/c29-23-9-3-1-6-20(23)17-32(25(34)18-33-28(36)22-8-2-4-10-24(22)40(33,37)38)26(19-11-13-30-14-12-19)27(35)31-16-21-7-5-15-39-21/h1-4,6,8-14,21,26H,5,7,15-18H2,(H,31,35)/t21-,26-/m0/s1. The van der Waals surface area contributed by atoms with Crippen molar-refractivity contribution in [2.24, 2.45) is 0 Å². The molecule has 2 aliphatic rings. The molecule has 0 aliphatic carbocycles. The molecule has 2 atom stereocenters. The summed E-state index contributed by atoms with van der Waals surface area (Å²) in [6.45, 7) is -0.0379. The quantitative estimate of drug-likeness (QED) is 0.411. The van der Waals surface area contributed by atoms with E-state index < -0.39 is 40.3 Å². The number of carbonyl (C=O) groups excluding carboxylic acids is 3. The van der Waals surface area contributed by atoms with Crippen LogP contribution in [0.4, 0.5) is 0 Å². The molecule has 1 saturated heterocycles. The Kier molecular flexibility index (Phi) is 8.15. The third-order valence-electron chi connectivity index (χ3n) is 6.92. The van der Waals surface area contributed by atoms with Gasteiger partial charge in [0.2, 0.25) is 11.8 Å². The highest BCUT2D eigenvalue weighted by Crippen LogP contribution is 2.31. The number of benzene rings is 2. The van der Waals surface area contributed by atoms with Gasteiger partial charge in [0.05, 0.1) is 11.7 Å². The zero-order chi connectivity index (χ0) is 28.3. The molecular weight excluding hydrogens is 556 g/mol. The minimum atomic E-state index is -4.25. The van der Waals surface area contributed by atoms with Gasteiger partial charge in [-0.25, -0.2) is 12.7 Å². The number of pyridine rings is 1. The Balaban J connectivity index is 1.50. The third-order valence-corrected chi connectivity index (χ3v) is 9.08. The Labute approximate surface area is 236 Å². The van der Waals surface area contributed by atoms with E-state index in [1.165, 1.54) is 35.5 Å². The highest BCUT2D eigenvalue weighted by Gasteiger charge is 2.43. The fourth-order valence-corrected chi connectivity index (χ4v) is 6.58. The van der Waals surface area contributed by atoms with Crippen molar-refractivity contribution in [1.29, 1.82) is 0 Å². The number of nitrogens with zero attached hydrogens (tertiary/aromatic N) is 3. The summed E-state index contributed by atoms with van der Waals surface area (Å²) in [6.07, 6.45) is 4.56. The lowest BCUT2D eigenvalue weighted by Crippen LogP contribution is -2.48. The fraction of sp³-hybridized carbons (Fsp3) is 0.286. The molecule has 0 saturated carbocycles. The van der Waals surface area contributed by atoms with E-state index in [0.717, 1.165) is 12.8 Å². The Morgan fingerprint density at radius 1 is 1.10 bits per heavy atom. The number of nitrogens with one attached hydrogen (secondary N) is 1. The number of fused-ring (bicyclic) bond motifs is 1. The smallest absolute Gasteiger partial charge is 0.269 e. The van der Waals surface area contributed by atoms with Gasteiger partial charge in [0, 0.05) is 37.1 Å². The lowest BCUT2D eigenvalue weighted by atomic mass is 10.0. The highest BCUT2D eigenvalue weighted by atomic mass is 35.5. The van der Waals surface area contributed by atoms with Crippen molar-refractivity contribution in [3.8, 4) is 0 Å². The molecule has 3 heterocycles. The molecule has 2 aromatic carbocycles. The van der Waals surface area contributed by atoms with Gasteiger partial charge in [0.25, 0.3) is 15.9 Å². The van der Waals surface area contributed by atoms with Crippen LogP contribution in [0.1, 0.15) is 40.4 Å². The second-order valence-electron chi connectivity index (χ2n) is 9.49. The van der Waals surface area contributed by atoms with Crippen molar-refractivity contribution in [3.63, 3.8) is 0 Å². The maximum atomic E-state index is 14.0. The molecule has 0 bridgehead atoms. The first-order valence-electron chi connectivity index (χ1n) is 12.8. The largest absolute Gasteiger partial charge is 0.376 e. The SMILES string of the molecule is O=C(NC[C@@H]1CCCO1)[C@H](c1ccncc1)N(Cc1ccccc1Cl)C(=O)CN1C(=O)c2ccccc2S1(=O)=O. The summed E-state index contributed by atoms with van der Waals surface area (Å²) in [5, 5.41) is 3.25. The van der Waals surface area contributed by atoms with E-state index in [9.17, 15) is 22.8 Å². The van der Waals surface area contributed by atoms with E-state index >= 15 is 0 Å². The molecule has 1 N–H and O–H groups in total. The summed E-state index contributed by atoms with van der Waals surface area (Å²) in [5.74, 6) is -2.04. The number of rotatable bonds is 9. The molecule has 0 spiro atoms. The van der Waals surface area contributed by atoms with Crippen LogP contribution in [-0.2, 0) is 30.9 Å². The molecule has 0 unspecified atom stereocenters. The summed E-state index contributed by atoms with van der Waals surface area (Å²) in [7, 11) is -4.25. The van der Waals surface area contributed by atoms with Crippen LogP contribution < -0.4 is 5.32 Å². The van der Waals surface area contributed by atoms with Crippen molar-refractivity contribution in [1.82, 2.24) is 19.5 Å². The average molecular weight is 583 g/mol. The van der Waals surface area contributed by atoms with Crippen LogP contribution in [0.3, 0.4) is 0 Å². The van der Waals surface area contributed by atoms with Crippen LogP contribution in [0.15, 0.2) is 78.0 Å². The summed E-state index contributed by atoms with van der Waals surface area (Å²) in [6, 6.07) is 14.7. The topological polar surface area (TPSA) is 126 Å². The van der Waals surface area contributed by atoms with Gasteiger partial charge in [-0.2, -0.15) is 0 Å². The van der Waals surface area contributed by atoms with Gasteiger partial charge in [-0.15, -0.1) is 0 Å². The second-order valence-corrected chi connectivity index (χ2v) is 11.7. The molecule has 12 heteroatoms. The van der Waals surface area contributed by atoms with Crippen molar-refractivity contribution < 1.29 is 27.5 Å². The monoisotopic (exact) mass is 582 g/mol. The molecule has 40 heavy (non-hydrogen) atoms. The van der Waals surface area contributed by atoms with Crippen molar-refractivity contribution >= 4 is 39.3 Å². The van der Waals surface area contributed by atoms with Gasteiger partial charge < -0.3 is 15.0 Å². The molecule has 2 aliphatic heterocycles. The number of ether oxygens (including phenoxy) is 1. The second kappa shape index (κ2) is 11.7. The maximum Gasteiger partial charge on any atom is 0.269 e. The first-order valence-corrected chi connectivity index (χ1v) is 14.6. The van der Waals surface area contributed by atoms with E-state index in [-0.39, 0.29) is 29.7 Å². The average Bonchev–Trinajstić information content (AvgIpc) is 3.55. The number of sulfonamides is 1.